The van der Waals surface area contributed by atoms with Crippen LogP contribution in [0.5, 0.6) is 5.75 Å². The minimum absolute atomic E-state index is 0.103. The second kappa shape index (κ2) is 8.23. The zero-order chi connectivity index (χ0) is 21.1. The van der Waals surface area contributed by atoms with Crippen LogP contribution < -0.4 is 15.0 Å². The van der Waals surface area contributed by atoms with Gasteiger partial charge in [0.25, 0.3) is 11.8 Å². The van der Waals surface area contributed by atoms with Crippen molar-refractivity contribution in [2.24, 2.45) is 0 Å². The molecule has 0 bridgehead atoms. The minimum Gasteiger partial charge on any atom is -0.481 e. The molecule has 148 valence electrons. The molecular formula is C19H12BrFN2O6. The van der Waals surface area contributed by atoms with E-state index in [2.05, 4.69) is 21.2 Å². The molecule has 8 nitrogen and oxygen atoms in total. The van der Waals surface area contributed by atoms with Gasteiger partial charge in [-0.1, -0.05) is 6.07 Å². The number of urea groups is 1. The number of nitrogens with one attached hydrogen (secondary N) is 1. The predicted octanol–water partition coefficient (Wildman–Crippen LogP) is 2.72. The molecule has 1 fully saturated rings. The van der Waals surface area contributed by atoms with Gasteiger partial charge in [0.05, 0.1) is 10.2 Å². The van der Waals surface area contributed by atoms with Crippen LogP contribution in [0.4, 0.5) is 14.9 Å². The number of nitrogens with zero attached hydrogens (tertiary/aromatic N) is 1. The van der Waals surface area contributed by atoms with Crippen molar-refractivity contribution >= 4 is 51.5 Å². The Balaban J connectivity index is 1.91. The molecule has 0 radical (unpaired) electrons. The smallest absolute Gasteiger partial charge is 0.341 e. The first-order valence-corrected chi connectivity index (χ1v) is 8.86. The number of carbonyl (C=O) groups excluding carboxylic acids is 3. The van der Waals surface area contributed by atoms with E-state index in [9.17, 15) is 23.6 Å². The van der Waals surface area contributed by atoms with Gasteiger partial charge in [-0.2, -0.15) is 0 Å². The molecule has 0 atom stereocenters. The molecule has 2 N–H and O–H groups in total. The highest BCUT2D eigenvalue weighted by atomic mass is 79.9. The molecule has 3 rings (SSSR count). The predicted molar refractivity (Wildman–Crippen MR) is 103 cm³/mol. The second-order valence-corrected chi connectivity index (χ2v) is 6.66. The Labute approximate surface area is 171 Å². The fraction of sp³-hybridized carbons (Fsp3) is 0.0526. The van der Waals surface area contributed by atoms with Crippen LogP contribution >= 0.6 is 15.9 Å². The summed E-state index contributed by atoms with van der Waals surface area (Å²) >= 11 is 3.22. The van der Waals surface area contributed by atoms with E-state index >= 15 is 0 Å². The molecule has 1 saturated heterocycles. The van der Waals surface area contributed by atoms with E-state index in [1.807, 2.05) is 0 Å². The Kier molecular flexibility index (Phi) is 5.74. The third-order valence-corrected chi connectivity index (χ3v) is 4.42. The van der Waals surface area contributed by atoms with Gasteiger partial charge in [-0.15, -0.1) is 0 Å². The van der Waals surface area contributed by atoms with Crippen LogP contribution in [-0.4, -0.2) is 35.5 Å². The first-order valence-electron chi connectivity index (χ1n) is 8.07. The molecule has 0 spiro atoms. The van der Waals surface area contributed by atoms with Crippen LogP contribution in [0.15, 0.2) is 52.5 Å². The summed E-state index contributed by atoms with van der Waals surface area (Å²) in [7, 11) is 0. The first-order chi connectivity index (χ1) is 13.8. The number of amides is 4. The number of hydrogen-bond acceptors (Lipinski definition) is 5. The number of hydrogen-bond donors (Lipinski definition) is 2. The number of ether oxygens (including phenoxy) is 1. The standard InChI is InChI=1S/C19H12BrFN2O6/c20-14-8-10(1-6-15(14)29-9-16(24)25)7-13-17(26)22-19(28)23(18(13)27)12-4-2-11(21)3-5-12/h1-8H,9H2,(H,24,25)(H,22,26,28). The SMILES string of the molecule is O=C(O)COc1ccc(C=C2C(=O)NC(=O)N(c3ccc(F)cc3)C2=O)cc1Br. The first kappa shape index (κ1) is 20.2. The number of carboxylic acids is 1. The lowest BCUT2D eigenvalue weighted by Crippen LogP contribution is -2.54. The number of barbiturate groups is 1. The van der Waals surface area contributed by atoms with E-state index in [1.54, 1.807) is 0 Å². The summed E-state index contributed by atoms with van der Waals surface area (Å²) in [6.45, 7) is -0.533. The molecular weight excluding hydrogens is 451 g/mol. The monoisotopic (exact) mass is 462 g/mol. The molecule has 1 heterocycles. The van der Waals surface area contributed by atoms with Crippen LogP contribution in [0.3, 0.4) is 0 Å². The molecule has 1 aliphatic heterocycles. The lowest BCUT2D eigenvalue weighted by molar-refractivity contribution is -0.139. The van der Waals surface area contributed by atoms with Crippen molar-refractivity contribution in [2.75, 3.05) is 11.5 Å². The summed E-state index contributed by atoms with van der Waals surface area (Å²) in [6.07, 6.45) is 1.27. The molecule has 1 aliphatic rings. The van der Waals surface area contributed by atoms with Gasteiger partial charge in [-0.25, -0.2) is 18.9 Å². The maximum atomic E-state index is 13.1. The van der Waals surface area contributed by atoms with E-state index in [0.717, 1.165) is 17.0 Å². The van der Waals surface area contributed by atoms with Gasteiger partial charge in [0.15, 0.2) is 6.61 Å². The van der Waals surface area contributed by atoms with E-state index in [-0.39, 0.29) is 17.0 Å². The van der Waals surface area contributed by atoms with Crippen molar-refractivity contribution in [3.8, 4) is 5.75 Å². The largest absolute Gasteiger partial charge is 0.481 e. The fourth-order valence-electron chi connectivity index (χ4n) is 2.51. The molecule has 0 unspecified atom stereocenters. The highest BCUT2D eigenvalue weighted by Gasteiger charge is 2.36. The van der Waals surface area contributed by atoms with Crippen molar-refractivity contribution in [3.63, 3.8) is 0 Å². The number of carboxylic acid groups (broad SMARTS) is 1. The van der Waals surface area contributed by atoms with E-state index in [1.165, 1.54) is 36.4 Å². The maximum absolute atomic E-state index is 13.1. The molecule has 0 aromatic heterocycles. The average molecular weight is 463 g/mol. The van der Waals surface area contributed by atoms with Gasteiger partial charge in [0.1, 0.15) is 17.1 Å². The summed E-state index contributed by atoms with van der Waals surface area (Å²) in [5.41, 5.74) is 0.220. The summed E-state index contributed by atoms with van der Waals surface area (Å²) in [4.78, 5) is 48.3. The van der Waals surface area contributed by atoms with E-state index < -0.39 is 36.2 Å². The number of imide groups is 2. The van der Waals surface area contributed by atoms with Gasteiger partial charge in [-0.3, -0.25) is 14.9 Å². The highest BCUT2D eigenvalue weighted by Crippen LogP contribution is 2.28. The van der Waals surface area contributed by atoms with Crippen LogP contribution in [0.1, 0.15) is 5.56 Å². The Bertz CT molecular complexity index is 1050. The molecule has 2 aromatic rings. The quantitative estimate of drug-likeness (QED) is 0.521. The van der Waals surface area contributed by atoms with Crippen LogP contribution in [0.2, 0.25) is 0 Å². The zero-order valence-electron chi connectivity index (χ0n) is 14.5. The Morgan fingerprint density at radius 3 is 2.48 bits per heavy atom. The number of halogens is 2. The topological polar surface area (TPSA) is 113 Å². The third-order valence-electron chi connectivity index (χ3n) is 3.80. The summed E-state index contributed by atoms with van der Waals surface area (Å²) < 4.78 is 18.6. The van der Waals surface area contributed by atoms with E-state index in [0.29, 0.717) is 10.0 Å². The second-order valence-electron chi connectivity index (χ2n) is 5.81. The summed E-state index contributed by atoms with van der Waals surface area (Å²) in [6, 6.07) is 8.20. The fourth-order valence-corrected chi connectivity index (χ4v) is 3.02. The molecule has 10 heteroatoms. The van der Waals surface area contributed by atoms with Gasteiger partial charge >= 0.3 is 12.0 Å². The number of benzene rings is 2. The van der Waals surface area contributed by atoms with Gasteiger partial charge in [-0.05, 0) is 64.0 Å². The maximum Gasteiger partial charge on any atom is 0.341 e. The van der Waals surface area contributed by atoms with Gasteiger partial charge < -0.3 is 9.84 Å². The highest BCUT2D eigenvalue weighted by molar-refractivity contribution is 9.10. The number of carbonyl (C=O) groups is 4. The molecule has 2 aromatic carbocycles. The van der Waals surface area contributed by atoms with Crippen LogP contribution in [0.25, 0.3) is 6.08 Å². The van der Waals surface area contributed by atoms with Gasteiger partial charge in [0.2, 0.25) is 0 Å². The number of anilines is 1. The molecule has 4 amide bonds. The summed E-state index contributed by atoms with van der Waals surface area (Å²) in [5.74, 6) is -3.16. The van der Waals surface area contributed by atoms with Crippen LogP contribution in [0, 0.1) is 5.82 Å². The average Bonchev–Trinajstić information content (AvgIpc) is 2.65. The normalized spacial score (nSPS) is 15.4. The Morgan fingerprint density at radius 1 is 1.17 bits per heavy atom. The van der Waals surface area contributed by atoms with Crippen molar-refractivity contribution in [3.05, 3.63) is 63.9 Å². The van der Waals surface area contributed by atoms with Crippen LogP contribution in [-0.2, 0) is 14.4 Å². The third kappa shape index (κ3) is 4.49. The van der Waals surface area contributed by atoms with Crippen molar-refractivity contribution in [1.82, 2.24) is 5.32 Å². The number of aliphatic carboxylic acids is 1. The van der Waals surface area contributed by atoms with E-state index in [4.69, 9.17) is 9.84 Å². The zero-order valence-corrected chi connectivity index (χ0v) is 16.1. The summed E-state index contributed by atoms with van der Waals surface area (Å²) in [5, 5.41) is 10.7. The Morgan fingerprint density at radius 2 is 1.86 bits per heavy atom. The molecule has 29 heavy (non-hydrogen) atoms. The molecule has 0 saturated carbocycles. The number of rotatable bonds is 5. The lowest BCUT2D eigenvalue weighted by Gasteiger charge is -2.26. The molecule has 0 aliphatic carbocycles. The minimum atomic E-state index is -1.14. The Hall–Kier alpha value is -3.53. The van der Waals surface area contributed by atoms with Gasteiger partial charge in [0, 0.05) is 0 Å². The van der Waals surface area contributed by atoms with Crippen molar-refractivity contribution in [1.29, 1.82) is 0 Å². The van der Waals surface area contributed by atoms with Crippen molar-refractivity contribution < 1.29 is 33.4 Å². The van der Waals surface area contributed by atoms with Crippen molar-refractivity contribution in [2.45, 2.75) is 0 Å². The lowest BCUT2D eigenvalue weighted by atomic mass is 10.1.